The molecule has 0 fully saturated rings. The topological polar surface area (TPSA) is 27.7 Å². The molecule has 3 nitrogen and oxygen atoms in total. The zero-order valence-electron chi connectivity index (χ0n) is 39.4. The van der Waals surface area contributed by atoms with E-state index in [4.69, 9.17) is 14.2 Å². The number of ether oxygens (including phenoxy) is 3. The minimum Gasteiger partial charge on any atom is -0.379 e. The van der Waals surface area contributed by atoms with E-state index < -0.39 is 5.60 Å². The van der Waals surface area contributed by atoms with Gasteiger partial charge in [0, 0.05) is 13.2 Å². The van der Waals surface area contributed by atoms with E-state index in [2.05, 4.69) is 129 Å². The van der Waals surface area contributed by atoms with E-state index in [0.29, 0.717) is 13.2 Å². The fraction of sp³-hybridized carbons (Fsp3) is 0.621. The normalized spacial score (nSPS) is 12.6. The first-order valence-electron chi connectivity index (χ1n) is 25.6. The van der Waals surface area contributed by atoms with Crippen molar-refractivity contribution in [3.63, 3.8) is 0 Å². The molecular weight excluding hydrogens is 745 g/mol. The molecule has 3 rings (SSSR count). The Morgan fingerprint density at radius 3 is 1.08 bits per heavy atom. The molecule has 61 heavy (non-hydrogen) atoms. The van der Waals surface area contributed by atoms with Crippen molar-refractivity contribution in [1.29, 1.82) is 0 Å². The lowest BCUT2D eigenvalue weighted by Gasteiger charge is -2.37. The maximum absolute atomic E-state index is 7.21. The predicted octanol–water partition coefficient (Wildman–Crippen LogP) is 17.5. The van der Waals surface area contributed by atoms with Crippen molar-refractivity contribution in [3.05, 3.63) is 132 Å². The molecule has 1 unspecified atom stereocenters. The molecule has 3 aromatic rings. The summed E-state index contributed by atoms with van der Waals surface area (Å²) in [7, 11) is 0. The number of allylic oxidation sites excluding steroid dienone is 4. The second-order valence-electron chi connectivity index (χ2n) is 17.5. The zero-order chi connectivity index (χ0) is 43.0. The largest absolute Gasteiger partial charge is 0.379 e. The van der Waals surface area contributed by atoms with Crippen LogP contribution in [0.4, 0.5) is 0 Å². The van der Waals surface area contributed by atoms with Gasteiger partial charge in [0.2, 0.25) is 0 Å². The standard InChI is InChI=1S/C58H90O3/c1-3-5-7-9-11-13-15-17-19-21-23-25-27-29-31-42-50-59-52-57(60-51-43-32-30-28-26-24-22-20-18-16-14-12-10-8-6-4-2)53-61-58(54-44-36-33-37-45-54,55-46-38-34-39-47-55)56-48-40-35-41-49-56/h17-20,33-41,44-49,57H,3-16,21-32,42-43,50-53H2,1-2H3. The molecular formula is C58H90O3. The Bertz CT molecular complexity index is 1320. The minimum atomic E-state index is -0.765. The smallest absolute Gasteiger partial charge is 0.143 e. The third-order valence-corrected chi connectivity index (χ3v) is 12.1. The predicted molar refractivity (Wildman–Crippen MR) is 265 cm³/mol. The van der Waals surface area contributed by atoms with Crippen molar-refractivity contribution in [2.75, 3.05) is 26.4 Å². The quantitative estimate of drug-likeness (QED) is 0.0324. The molecule has 3 aromatic carbocycles. The number of benzene rings is 3. The fourth-order valence-corrected chi connectivity index (χ4v) is 8.40. The highest BCUT2D eigenvalue weighted by atomic mass is 16.6. The summed E-state index contributed by atoms with van der Waals surface area (Å²) < 4.78 is 20.2. The molecule has 0 saturated heterocycles. The van der Waals surface area contributed by atoms with Crippen LogP contribution in [0.1, 0.15) is 210 Å². The molecule has 0 aliphatic rings. The van der Waals surface area contributed by atoms with E-state index in [1.165, 1.54) is 167 Å². The zero-order valence-corrected chi connectivity index (χ0v) is 39.4. The Hall–Kier alpha value is -2.98. The highest BCUT2D eigenvalue weighted by molar-refractivity contribution is 5.47. The minimum absolute atomic E-state index is 0.146. The van der Waals surface area contributed by atoms with Crippen molar-refractivity contribution < 1.29 is 14.2 Å². The Balaban J connectivity index is 1.43. The molecule has 1 atom stereocenters. The molecule has 3 heteroatoms. The van der Waals surface area contributed by atoms with E-state index in [1.807, 2.05) is 0 Å². The van der Waals surface area contributed by atoms with Crippen LogP contribution in [0, 0.1) is 0 Å². The summed E-state index contributed by atoms with van der Waals surface area (Å²) in [4.78, 5) is 0. The van der Waals surface area contributed by atoms with Crippen LogP contribution >= 0.6 is 0 Å². The highest BCUT2D eigenvalue weighted by Crippen LogP contribution is 2.40. The summed E-state index contributed by atoms with van der Waals surface area (Å²) in [6, 6.07) is 32.0. The van der Waals surface area contributed by atoms with Gasteiger partial charge in [0.15, 0.2) is 0 Å². The van der Waals surface area contributed by atoms with Gasteiger partial charge in [-0.3, -0.25) is 0 Å². The number of hydrogen-bond donors (Lipinski definition) is 0. The van der Waals surface area contributed by atoms with Crippen LogP contribution in [-0.4, -0.2) is 32.5 Å². The van der Waals surface area contributed by atoms with E-state index in [9.17, 15) is 0 Å². The van der Waals surface area contributed by atoms with Crippen LogP contribution in [-0.2, 0) is 19.8 Å². The second-order valence-corrected chi connectivity index (χ2v) is 17.5. The molecule has 0 aliphatic heterocycles. The molecule has 340 valence electrons. The number of hydrogen-bond acceptors (Lipinski definition) is 3. The molecule has 0 heterocycles. The maximum Gasteiger partial charge on any atom is 0.143 e. The first kappa shape index (κ1) is 52.4. The Kier molecular flexibility index (Phi) is 32.2. The van der Waals surface area contributed by atoms with Gasteiger partial charge in [-0.05, 0) is 80.9 Å². The Morgan fingerprint density at radius 2 is 0.705 bits per heavy atom. The summed E-state index contributed by atoms with van der Waals surface area (Å²) in [5.41, 5.74) is 2.58. The van der Waals surface area contributed by atoms with Gasteiger partial charge in [-0.25, -0.2) is 0 Å². The molecule has 0 saturated carbocycles. The second kappa shape index (κ2) is 37.6. The van der Waals surface area contributed by atoms with Gasteiger partial charge in [-0.15, -0.1) is 0 Å². The van der Waals surface area contributed by atoms with Crippen molar-refractivity contribution in [2.24, 2.45) is 0 Å². The van der Waals surface area contributed by atoms with Crippen molar-refractivity contribution >= 4 is 0 Å². The first-order chi connectivity index (χ1) is 30.3. The maximum atomic E-state index is 7.21. The van der Waals surface area contributed by atoms with Gasteiger partial charge in [0.05, 0.1) is 13.2 Å². The van der Waals surface area contributed by atoms with Crippen LogP contribution in [0.3, 0.4) is 0 Å². The van der Waals surface area contributed by atoms with E-state index in [0.717, 1.165) is 42.7 Å². The molecule has 0 aromatic heterocycles. The lowest BCUT2D eigenvalue weighted by atomic mass is 9.80. The third-order valence-electron chi connectivity index (χ3n) is 12.1. The SMILES string of the molecule is CCCCCCCCC=CCCCCCCCCOCC(COC(c1ccccc1)(c1ccccc1)c1ccccc1)OCCCCCCCCC=CCCCCCCCC. The average Bonchev–Trinajstić information content (AvgIpc) is 3.30. The molecule has 0 aliphatic carbocycles. The molecule has 0 amide bonds. The Labute approximate surface area is 376 Å². The summed E-state index contributed by atoms with van der Waals surface area (Å²) in [5.74, 6) is 0. The fourth-order valence-electron chi connectivity index (χ4n) is 8.40. The van der Waals surface area contributed by atoms with E-state index in [-0.39, 0.29) is 6.10 Å². The van der Waals surface area contributed by atoms with E-state index in [1.54, 1.807) is 0 Å². The summed E-state index contributed by atoms with van der Waals surface area (Å²) in [6.45, 7) is 7.08. The molecule has 0 spiro atoms. The van der Waals surface area contributed by atoms with Gasteiger partial charge in [0.1, 0.15) is 11.7 Å². The van der Waals surface area contributed by atoms with Gasteiger partial charge < -0.3 is 14.2 Å². The van der Waals surface area contributed by atoms with Crippen molar-refractivity contribution in [2.45, 2.75) is 205 Å². The molecule has 0 N–H and O–H groups in total. The van der Waals surface area contributed by atoms with Crippen LogP contribution in [0.2, 0.25) is 0 Å². The van der Waals surface area contributed by atoms with Gasteiger partial charge in [0.25, 0.3) is 0 Å². The highest BCUT2D eigenvalue weighted by Gasteiger charge is 2.38. The lowest BCUT2D eigenvalue weighted by molar-refractivity contribution is -0.0923. The van der Waals surface area contributed by atoms with Crippen LogP contribution in [0.25, 0.3) is 0 Å². The Morgan fingerprint density at radius 1 is 0.377 bits per heavy atom. The van der Waals surface area contributed by atoms with Gasteiger partial charge in [-0.2, -0.15) is 0 Å². The van der Waals surface area contributed by atoms with Crippen molar-refractivity contribution in [1.82, 2.24) is 0 Å². The lowest BCUT2D eigenvalue weighted by Crippen LogP contribution is -2.37. The number of unbranched alkanes of at least 4 members (excludes halogenated alkanes) is 24. The summed E-state index contributed by atoms with van der Waals surface area (Å²) in [5, 5.41) is 0. The first-order valence-corrected chi connectivity index (χ1v) is 25.6. The molecule has 0 radical (unpaired) electrons. The van der Waals surface area contributed by atoms with Crippen LogP contribution in [0.5, 0.6) is 0 Å². The molecule has 0 bridgehead atoms. The summed E-state index contributed by atoms with van der Waals surface area (Å²) >= 11 is 0. The average molecular weight is 835 g/mol. The van der Waals surface area contributed by atoms with Crippen LogP contribution < -0.4 is 0 Å². The number of rotatable bonds is 41. The van der Waals surface area contributed by atoms with Gasteiger partial charge >= 0.3 is 0 Å². The third kappa shape index (κ3) is 24.5. The van der Waals surface area contributed by atoms with E-state index >= 15 is 0 Å². The monoisotopic (exact) mass is 835 g/mol. The van der Waals surface area contributed by atoms with Crippen LogP contribution in [0.15, 0.2) is 115 Å². The summed E-state index contributed by atoms with van der Waals surface area (Å²) in [6.07, 6.45) is 46.2. The van der Waals surface area contributed by atoms with Gasteiger partial charge in [-0.1, -0.05) is 245 Å². The van der Waals surface area contributed by atoms with Crippen molar-refractivity contribution in [3.8, 4) is 0 Å².